The molecule has 1 aromatic carbocycles. The van der Waals surface area contributed by atoms with Gasteiger partial charge in [0, 0.05) is 6.07 Å². The van der Waals surface area contributed by atoms with Gasteiger partial charge in [-0.05, 0) is 19.1 Å². The predicted molar refractivity (Wildman–Crippen MR) is 66.7 cm³/mol. The number of carbonyl (C=O) groups is 2. The van der Waals surface area contributed by atoms with Gasteiger partial charge < -0.3 is 15.2 Å². The summed E-state index contributed by atoms with van der Waals surface area (Å²) in [5, 5.41) is 10.3. The van der Waals surface area contributed by atoms with Crippen LogP contribution in [0.3, 0.4) is 0 Å². The lowest BCUT2D eigenvalue weighted by molar-refractivity contribution is -0.160. The van der Waals surface area contributed by atoms with Gasteiger partial charge in [-0.2, -0.15) is 13.2 Å². The van der Waals surface area contributed by atoms with Crippen molar-refractivity contribution in [3.05, 3.63) is 29.8 Å². The van der Waals surface area contributed by atoms with Crippen LogP contribution in [0.15, 0.2) is 18.2 Å². The Morgan fingerprint density at radius 3 is 2.35 bits per heavy atom. The number of ether oxygens (including phenoxy) is 1. The Balaban J connectivity index is 2.71. The number of amides is 1. The third-order valence-corrected chi connectivity index (χ3v) is 2.62. The van der Waals surface area contributed by atoms with E-state index < -0.39 is 48.3 Å². The lowest BCUT2D eigenvalue weighted by Gasteiger charge is -2.19. The van der Waals surface area contributed by atoms with Gasteiger partial charge in [-0.1, -0.05) is 0 Å². The molecule has 0 saturated carbocycles. The Labute approximate surface area is 127 Å². The van der Waals surface area contributed by atoms with Gasteiger partial charge >= 0.3 is 12.1 Å². The first-order valence-electron chi connectivity index (χ1n) is 6.21. The summed E-state index contributed by atoms with van der Waals surface area (Å²) in [5.41, 5.74) is 0. The maximum absolute atomic E-state index is 13.0. The predicted octanol–water partition coefficient (Wildman–Crippen LogP) is 2.25. The van der Waals surface area contributed by atoms with Crippen LogP contribution < -0.4 is 10.1 Å². The van der Waals surface area contributed by atoms with E-state index in [2.05, 4.69) is 0 Å². The van der Waals surface area contributed by atoms with Crippen LogP contribution in [-0.4, -0.2) is 35.3 Å². The van der Waals surface area contributed by atoms with E-state index in [-0.39, 0.29) is 5.75 Å². The zero-order valence-corrected chi connectivity index (χ0v) is 11.7. The Kier molecular flexibility index (Phi) is 5.88. The summed E-state index contributed by atoms with van der Waals surface area (Å²) >= 11 is 0. The topological polar surface area (TPSA) is 75.6 Å². The van der Waals surface area contributed by atoms with Crippen molar-refractivity contribution in [1.82, 2.24) is 5.32 Å². The van der Waals surface area contributed by atoms with Crippen molar-refractivity contribution >= 4 is 11.9 Å². The number of carboxylic acid groups (broad SMARTS) is 1. The third-order valence-electron chi connectivity index (χ3n) is 2.62. The van der Waals surface area contributed by atoms with Gasteiger partial charge in [0.25, 0.3) is 5.91 Å². The summed E-state index contributed by atoms with van der Waals surface area (Å²) in [6, 6.07) is 0.202. The van der Waals surface area contributed by atoms with E-state index in [0.29, 0.717) is 6.07 Å². The summed E-state index contributed by atoms with van der Waals surface area (Å²) in [6.07, 6.45) is -7.97. The van der Waals surface area contributed by atoms with Gasteiger partial charge in [0.2, 0.25) is 0 Å². The van der Waals surface area contributed by atoms with E-state index in [0.717, 1.165) is 19.1 Å². The molecule has 1 amide bonds. The minimum absolute atomic E-state index is 0.241. The zero-order valence-electron chi connectivity index (χ0n) is 11.7. The highest BCUT2D eigenvalue weighted by Crippen LogP contribution is 2.22. The number of carbonyl (C=O) groups excluding carboxylic acids is 1. The number of hydrogen-bond donors (Lipinski definition) is 2. The molecule has 10 heteroatoms. The van der Waals surface area contributed by atoms with Crippen LogP contribution in [0.5, 0.6) is 5.75 Å². The van der Waals surface area contributed by atoms with Crippen molar-refractivity contribution in [3.63, 3.8) is 0 Å². The molecule has 0 aliphatic heterocycles. The van der Waals surface area contributed by atoms with Gasteiger partial charge in [0.1, 0.15) is 11.8 Å². The largest absolute Gasteiger partial charge is 0.481 e. The Morgan fingerprint density at radius 1 is 1.26 bits per heavy atom. The van der Waals surface area contributed by atoms with Crippen LogP contribution in [0.1, 0.15) is 13.3 Å². The van der Waals surface area contributed by atoms with E-state index in [9.17, 15) is 31.5 Å². The second-order valence-corrected chi connectivity index (χ2v) is 4.55. The lowest BCUT2D eigenvalue weighted by Crippen LogP contribution is -2.48. The first kappa shape index (κ1) is 18.7. The lowest BCUT2D eigenvalue weighted by atomic mass is 10.2. The molecule has 0 spiro atoms. The second kappa shape index (κ2) is 7.25. The molecule has 0 bridgehead atoms. The van der Waals surface area contributed by atoms with E-state index in [4.69, 9.17) is 9.84 Å². The van der Waals surface area contributed by atoms with E-state index in [1.165, 1.54) is 0 Å². The molecule has 0 aliphatic carbocycles. The fourth-order valence-corrected chi connectivity index (χ4v) is 1.53. The minimum Gasteiger partial charge on any atom is -0.481 e. The molecule has 23 heavy (non-hydrogen) atoms. The SMILES string of the molecule is CC(Oc1ccc(F)c(F)c1)C(=O)NC(CC(F)(F)F)C(=O)O. The summed E-state index contributed by atoms with van der Waals surface area (Å²) in [7, 11) is 0. The van der Waals surface area contributed by atoms with E-state index in [1.54, 1.807) is 5.32 Å². The summed E-state index contributed by atoms with van der Waals surface area (Å²) < 4.78 is 67.3. The minimum atomic E-state index is -4.79. The number of aliphatic carboxylic acids is 1. The molecule has 0 saturated heterocycles. The van der Waals surface area contributed by atoms with Crippen molar-refractivity contribution in [3.8, 4) is 5.75 Å². The van der Waals surface area contributed by atoms with Gasteiger partial charge in [0.15, 0.2) is 17.7 Å². The molecule has 0 aliphatic rings. The number of nitrogens with one attached hydrogen (secondary N) is 1. The zero-order chi connectivity index (χ0) is 17.8. The quantitative estimate of drug-likeness (QED) is 0.779. The van der Waals surface area contributed by atoms with Gasteiger partial charge in [0.05, 0.1) is 6.42 Å². The van der Waals surface area contributed by atoms with Gasteiger partial charge in [-0.15, -0.1) is 0 Å². The van der Waals surface area contributed by atoms with Gasteiger partial charge in [-0.25, -0.2) is 13.6 Å². The molecule has 0 aromatic heterocycles. The van der Waals surface area contributed by atoms with Crippen LogP contribution in [-0.2, 0) is 9.59 Å². The summed E-state index contributed by atoms with van der Waals surface area (Å²) in [4.78, 5) is 22.4. The molecular formula is C13H12F5NO4. The van der Waals surface area contributed by atoms with E-state index in [1.807, 2.05) is 0 Å². The Hall–Kier alpha value is -2.39. The number of hydrogen-bond acceptors (Lipinski definition) is 3. The van der Waals surface area contributed by atoms with Crippen molar-refractivity contribution in [1.29, 1.82) is 0 Å². The van der Waals surface area contributed by atoms with Crippen molar-refractivity contribution in [2.45, 2.75) is 31.7 Å². The highest BCUT2D eigenvalue weighted by atomic mass is 19.4. The second-order valence-electron chi connectivity index (χ2n) is 4.55. The summed E-state index contributed by atoms with van der Waals surface area (Å²) in [6.45, 7) is 1.11. The van der Waals surface area contributed by atoms with Crippen LogP contribution in [0.2, 0.25) is 0 Å². The van der Waals surface area contributed by atoms with Crippen molar-refractivity contribution < 1.29 is 41.4 Å². The standard InChI is InChI=1S/C13H12F5NO4/c1-6(23-7-2-3-8(14)9(15)4-7)11(20)19-10(12(21)22)5-13(16,17)18/h2-4,6,10H,5H2,1H3,(H,19,20)(H,21,22). The van der Waals surface area contributed by atoms with Gasteiger partial charge in [-0.3, -0.25) is 4.79 Å². The number of carboxylic acids is 1. The monoisotopic (exact) mass is 341 g/mol. The van der Waals surface area contributed by atoms with Crippen LogP contribution in [0.25, 0.3) is 0 Å². The molecule has 1 aromatic rings. The third kappa shape index (κ3) is 6.09. The maximum Gasteiger partial charge on any atom is 0.391 e. The number of halogens is 5. The summed E-state index contributed by atoms with van der Waals surface area (Å²) in [5.74, 6) is -5.64. The van der Waals surface area contributed by atoms with Crippen LogP contribution in [0, 0.1) is 11.6 Å². The van der Waals surface area contributed by atoms with Crippen molar-refractivity contribution in [2.75, 3.05) is 0 Å². The van der Waals surface area contributed by atoms with Crippen LogP contribution >= 0.6 is 0 Å². The average molecular weight is 341 g/mol. The first-order valence-corrected chi connectivity index (χ1v) is 6.21. The first-order chi connectivity index (χ1) is 10.5. The molecule has 2 unspecified atom stereocenters. The molecule has 0 radical (unpaired) electrons. The van der Waals surface area contributed by atoms with Crippen molar-refractivity contribution in [2.24, 2.45) is 0 Å². The molecule has 2 N–H and O–H groups in total. The molecule has 0 heterocycles. The molecule has 0 fully saturated rings. The number of rotatable bonds is 6. The smallest absolute Gasteiger partial charge is 0.391 e. The molecule has 2 atom stereocenters. The van der Waals surface area contributed by atoms with Crippen LogP contribution in [0.4, 0.5) is 22.0 Å². The normalized spacial score (nSPS) is 14.0. The molecule has 5 nitrogen and oxygen atoms in total. The fourth-order valence-electron chi connectivity index (χ4n) is 1.53. The highest BCUT2D eigenvalue weighted by Gasteiger charge is 2.37. The number of benzene rings is 1. The highest BCUT2D eigenvalue weighted by molar-refractivity contribution is 5.86. The fraction of sp³-hybridized carbons (Fsp3) is 0.385. The molecular weight excluding hydrogens is 329 g/mol. The van der Waals surface area contributed by atoms with E-state index >= 15 is 0 Å². The number of alkyl halides is 3. The Bertz CT molecular complexity index is 590. The average Bonchev–Trinajstić information content (AvgIpc) is 2.40. The molecule has 128 valence electrons. The Morgan fingerprint density at radius 2 is 1.87 bits per heavy atom. The maximum atomic E-state index is 13.0. The molecule has 1 rings (SSSR count).